The maximum absolute atomic E-state index is 13.1. The van der Waals surface area contributed by atoms with Gasteiger partial charge in [0.05, 0.1) is 28.5 Å². The van der Waals surface area contributed by atoms with Crippen LogP contribution in [0.5, 0.6) is 0 Å². The third-order valence-corrected chi connectivity index (χ3v) is 7.83. The van der Waals surface area contributed by atoms with Gasteiger partial charge in [-0.1, -0.05) is 19.1 Å². The second kappa shape index (κ2) is 7.76. The van der Waals surface area contributed by atoms with Gasteiger partial charge >= 0.3 is 6.18 Å². The van der Waals surface area contributed by atoms with E-state index in [1.54, 1.807) is 0 Å². The van der Waals surface area contributed by atoms with E-state index in [0.717, 1.165) is 12.1 Å². The Balaban J connectivity index is 2.20. The molecule has 0 unspecified atom stereocenters. The number of nitrogens with zero attached hydrogens (tertiary/aromatic N) is 1. The van der Waals surface area contributed by atoms with Crippen molar-refractivity contribution >= 4 is 25.8 Å². The zero-order valence-electron chi connectivity index (χ0n) is 14.4. The Morgan fingerprint density at radius 2 is 1.93 bits per heavy atom. The van der Waals surface area contributed by atoms with Crippen molar-refractivity contribution in [3.63, 3.8) is 0 Å². The van der Waals surface area contributed by atoms with Gasteiger partial charge in [-0.25, -0.2) is 16.8 Å². The zero-order valence-corrected chi connectivity index (χ0v) is 16.0. The lowest BCUT2D eigenvalue weighted by Gasteiger charge is -2.23. The van der Waals surface area contributed by atoms with Crippen molar-refractivity contribution in [3.05, 3.63) is 29.8 Å². The SMILES string of the molecule is CCN(CC(=O)N[C@@H]1CCS(=O)(=O)C1)S(=O)(=O)c1ccccc1C(F)(F)F. The van der Waals surface area contributed by atoms with E-state index in [1.165, 1.54) is 13.0 Å². The molecule has 0 saturated carbocycles. The number of benzene rings is 1. The predicted molar refractivity (Wildman–Crippen MR) is 91.1 cm³/mol. The molecule has 0 bridgehead atoms. The average molecular weight is 428 g/mol. The molecule has 0 spiro atoms. The smallest absolute Gasteiger partial charge is 0.351 e. The van der Waals surface area contributed by atoms with Crippen molar-refractivity contribution < 1.29 is 34.8 Å². The van der Waals surface area contributed by atoms with Gasteiger partial charge in [-0.05, 0) is 18.6 Å². The van der Waals surface area contributed by atoms with Crippen LogP contribution in [-0.2, 0) is 30.8 Å². The van der Waals surface area contributed by atoms with Gasteiger partial charge in [0.1, 0.15) is 0 Å². The molecule has 1 atom stereocenters. The van der Waals surface area contributed by atoms with Crippen molar-refractivity contribution in [3.8, 4) is 0 Å². The summed E-state index contributed by atoms with van der Waals surface area (Å²) in [6, 6.07) is 3.10. The lowest BCUT2D eigenvalue weighted by molar-refractivity contribution is -0.139. The number of hydrogen-bond acceptors (Lipinski definition) is 5. The molecule has 152 valence electrons. The van der Waals surface area contributed by atoms with Crippen molar-refractivity contribution in [1.29, 1.82) is 0 Å². The molecule has 1 fully saturated rings. The standard InChI is InChI=1S/C15H19F3N2O5S2/c1-2-20(9-14(21)19-11-7-8-26(22,23)10-11)27(24,25)13-6-4-3-5-12(13)15(16,17)18/h3-6,11H,2,7-10H2,1H3,(H,19,21)/t11-/m1/s1. The Bertz CT molecular complexity index is 914. The Labute approximate surface area is 155 Å². The van der Waals surface area contributed by atoms with Gasteiger partial charge in [0, 0.05) is 12.6 Å². The molecule has 2 rings (SSSR count). The molecule has 1 aliphatic rings. The van der Waals surface area contributed by atoms with Crippen LogP contribution in [0.25, 0.3) is 0 Å². The number of nitrogens with one attached hydrogen (secondary N) is 1. The molecular formula is C15H19F3N2O5S2. The summed E-state index contributed by atoms with van der Waals surface area (Å²) in [5.41, 5.74) is -1.31. The molecule has 1 saturated heterocycles. The number of sulfonamides is 1. The number of sulfone groups is 1. The normalized spacial score (nSPS) is 20.0. The minimum Gasteiger partial charge on any atom is -0.351 e. The topological polar surface area (TPSA) is 101 Å². The second-order valence-electron chi connectivity index (χ2n) is 6.09. The molecule has 27 heavy (non-hydrogen) atoms. The van der Waals surface area contributed by atoms with Crippen LogP contribution in [-0.4, -0.2) is 57.7 Å². The fourth-order valence-electron chi connectivity index (χ4n) is 2.77. The van der Waals surface area contributed by atoms with E-state index in [1.807, 2.05) is 0 Å². The maximum atomic E-state index is 13.1. The molecule has 1 N–H and O–H groups in total. The fraction of sp³-hybridized carbons (Fsp3) is 0.533. The van der Waals surface area contributed by atoms with Gasteiger partial charge in [-0.3, -0.25) is 4.79 Å². The highest BCUT2D eigenvalue weighted by Gasteiger charge is 2.39. The summed E-state index contributed by atoms with van der Waals surface area (Å²) in [6.45, 7) is 0.452. The third kappa shape index (κ3) is 5.20. The zero-order chi connectivity index (χ0) is 20.5. The molecule has 1 aromatic carbocycles. The number of amides is 1. The van der Waals surface area contributed by atoms with Crippen LogP contribution in [0.2, 0.25) is 0 Å². The molecule has 1 aliphatic heterocycles. The molecule has 0 aromatic heterocycles. The quantitative estimate of drug-likeness (QED) is 0.729. The third-order valence-electron chi connectivity index (χ3n) is 4.08. The number of halogens is 3. The first-order chi connectivity index (χ1) is 12.4. The summed E-state index contributed by atoms with van der Waals surface area (Å²) in [5, 5.41) is 2.42. The first kappa shape index (κ1) is 21.6. The summed E-state index contributed by atoms with van der Waals surface area (Å²) in [5.74, 6) is -1.09. The minimum absolute atomic E-state index is 0.0767. The molecule has 12 heteroatoms. The minimum atomic E-state index is -4.87. The maximum Gasteiger partial charge on any atom is 0.417 e. The summed E-state index contributed by atoms with van der Waals surface area (Å²) in [7, 11) is -7.82. The van der Waals surface area contributed by atoms with Gasteiger partial charge in [-0.2, -0.15) is 17.5 Å². The van der Waals surface area contributed by atoms with Gasteiger partial charge < -0.3 is 5.32 Å². The summed E-state index contributed by atoms with van der Waals surface area (Å²) in [6.07, 6.45) is -4.66. The Morgan fingerprint density at radius 3 is 2.44 bits per heavy atom. The van der Waals surface area contributed by atoms with Gasteiger partial charge in [-0.15, -0.1) is 0 Å². The lowest BCUT2D eigenvalue weighted by Crippen LogP contribution is -2.44. The summed E-state index contributed by atoms with van der Waals surface area (Å²) >= 11 is 0. The molecule has 0 radical (unpaired) electrons. The monoisotopic (exact) mass is 428 g/mol. The molecule has 1 heterocycles. The number of hydrogen-bond donors (Lipinski definition) is 1. The number of alkyl halides is 3. The van der Waals surface area contributed by atoms with Crippen molar-refractivity contribution in [2.75, 3.05) is 24.6 Å². The van der Waals surface area contributed by atoms with Crippen molar-refractivity contribution in [1.82, 2.24) is 9.62 Å². The average Bonchev–Trinajstić information content (AvgIpc) is 2.90. The highest BCUT2D eigenvalue weighted by atomic mass is 32.2. The summed E-state index contributed by atoms with van der Waals surface area (Å²) < 4.78 is 88.2. The highest BCUT2D eigenvalue weighted by molar-refractivity contribution is 7.91. The van der Waals surface area contributed by atoms with E-state index in [-0.39, 0.29) is 24.5 Å². The molecule has 1 aromatic rings. The molecule has 7 nitrogen and oxygen atoms in total. The van der Waals surface area contributed by atoms with Crippen LogP contribution >= 0.6 is 0 Å². The number of likely N-dealkylation sites (N-methyl/N-ethyl adjacent to an activating group) is 1. The van der Waals surface area contributed by atoms with Crippen LogP contribution < -0.4 is 5.32 Å². The number of carbonyl (C=O) groups is 1. The van der Waals surface area contributed by atoms with E-state index in [9.17, 15) is 34.8 Å². The van der Waals surface area contributed by atoms with Gasteiger partial charge in [0.25, 0.3) is 0 Å². The lowest BCUT2D eigenvalue weighted by atomic mass is 10.2. The van der Waals surface area contributed by atoms with E-state index < -0.39 is 55.0 Å². The summed E-state index contributed by atoms with van der Waals surface area (Å²) in [4.78, 5) is 11.2. The first-order valence-electron chi connectivity index (χ1n) is 8.03. The first-order valence-corrected chi connectivity index (χ1v) is 11.3. The second-order valence-corrected chi connectivity index (χ2v) is 10.2. The van der Waals surface area contributed by atoms with E-state index in [4.69, 9.17) is 0 Å². The Morgan fingerprint density at radius 1 is 1.30 bits per heavy atom. The predicted octanol–water partition coefficient (Wildman–Crippen LogP) is 1.02. The molecule has 0 aliphatic carbocycles. The molecule has 1 amide bonds. The van der Waals surface area contributed by atoms with Crippen molar-refractivity contribution in [2.45, 2.75) is 30.5 Å². The van der Waals surface area contributed by atoms with Crippen LogP contribution in [0, 0.1) is 0 Å². The largest absolute Gasteiger partial charge is 0.417 e. The Kier molecular flexibility index (Phi) is 6.22. The van der Waals surface area contributed by atoms with Gasteiger partial charge in [0.2, 0.25) is 15.9 Å². The van der Waals surface area contributed by atoms with E-state index in [0.29, 0.717) is 10.4 Å². The van der Waals surface area contributed by atoms with Crippen LogP contribution in [0.4, 0.5) is 13.2 Å². The number of rotatable bonds is 6. The fourth-order valence-corrected chi connectivity index (χ4v) is 6.06. The van der Waals surface area contributed by atoms with Crippen LogP contribution in [0.3, 0.4) is 0 Å². The van der Waals surface area contributed by atoms with Crippen LogP contribution in [0.1, 0.15) is 18.9 Å². The highest BCUT2D eigenvalue weighted by Crippen LogP contribution is 2.35. The van der Waals surface area contributed by atoms with E-state index in [2.05, 4.69) is 5.32 Å². The van der Waals surface area contributed by atoms with Crippen molar-refractivity contribution in [2.24, 2.45) is 0 Å². The molecular weight excluding hydrogens is 409 g/mol. The Hall–Kier alpha value is -1.66. The number of carbonyl (C=O) groups excluding carboxylic acids is 1. The van der Waals surface area contributed by atoms with E-state index >= 15 is 0 Å². The van der Waals surface area contributed by atoms with Crippen LogP contribution in [0.15, 0.2) is 29.2 Å². The van der Waals surface area contributed by atoms with Gasteiger partial charge in [0.15, 0.2) is 9.84 Å².